The lowest BCUT2D eigenvalue weighted by molar-refractivity contribution is 0.0602. The van der Waals surface area contributed by atoms with Gasteiger partial charge in [0.1, 0.15) is 5.75 Å². The molecule has 0 aromatic heterocycles. The molecule has 0 bridgehead atoms. The first kappa shape index (κ1) is 19.2. The number of hydrogen-bond donors (Lipinski definition) is 1. The molecule has 0 aliphatic carbocycles. The Kier molecular flexibility index (Phi) is 5.75. The third-order valence-corrected chi connectivity index (χ3v) is 4.46. The predicted molar refractivity (Wildman–Crippen MR) is 109 cm³/mol. The van der Waals surface area contributed by atoms with E-state index in [0.717, 1.165) is 22.4 Å². The van der Waals surface area contributed by atoms with Gasteiger partial charge in [-0.05, 0) is 60.0 Å². The summed E-state index contributed by atoms with van der Waals surface area (Å²) in [5.41, 5.74) is 3.95. The van der Waals surface area contributed by atoms with Crippen LogP contribution in [0.2, 0.25) is 0 Å². The van der Waals surface area contributed by atoms with Crippen LogP contribution in [0.25, 0.3) is 11.1 Å². The Labute approximate surface area is 163 Å². The Balaban J connectivity index is 2.04. The number of benzene rings is 3. The van der Waals surface area contributed by atoms with Crippen molar-refractivity contribution in [3.63, 3.8) is 0 Å². The molecule has 3 rings (SSSR count). The Morgan fingerprint density at radius 2 is 1.57 bits per heavy atom. The number of anilines is 1. The molecule has 0 aliphatic heterocycles. The van der Waals surface area contributed by atoms with Crippen molar-refractivity contribution in [2.75, 3.05) is 19.5 Å². The molecule has 5 nitrogen and oxygen atoms in total. The first-order valence-corrected chi connectivity index (χ1v) is 8.77. The van der Waals surface area contributed by atoms with Crippen LogP contribution >= 0.6 is 0 Å². The van der Waals surface area contributed by atoms with Crippen molar-refractivity contribution >= 4 is 17.6 Å². The second-order valence-electron chi connectivity index (χ2n) is 6.25. The van der Waals surface area contributed by atoms with Crippen LogP contribution in [0.1, 0.15) is 26.3 Å². The number of amides is 1. The maximum absolute atomic E-state index is 12.6. The highest BCUT2D eigenvalue weighted by Crippen LogP contribution is 2.31. The molecule has 0 fully saturated rings. The van der Waals surface area contributed by atoms with Gasteiger partial charge < -0.3 is 14.8 Å². The molecule has 3 aromatic carbocycles. The monoisotopic (exact) mass is 375 g/mol. The maximum atomic E-state index is 12.6. The molecular formula is C23H21NO4. The van der Waals surface area contributed by atoms with Gasteiger partial charge in [0, 0.05) is 5.56 Å². The topological polar surface area (TPSA) is 64.6 Å². The van der Waals surface area contributed by atoms with Gasteiger partial charge in [-0.2, -0.15) is 0 Å². The van der Waals surface area contributed by atoms with Gasteiger partial charge in [0.25, 0.3) is 5.91 Å². The normalized spacial score (nSPS) is 10.2. The van der Waals surface area contributed by atoms with Crippen LogP contribution < -0.4 is 10.1 Å². The average Bonchev–Trinajstić information content (AvgIpc) is 2.74. The second-order valence-corrected chi connectivity index (χ2v) is 6.25. The van der Waals surface area contributed by atoms with Gasteiger partial charge in [0.05, 0.1) is 25.5 Å². The summed E-state index contributed by atoms with van der Waals surface area (Å²) < 4.78 is 10.1. The van der Waals surface area contributed by atoms with E-state index in [0.29, 0.717) is 16.8 Å². The van der Waals surface area contributed by atoms with Crippen LogP contribution in [-0.2, 0) is 4.74 Å². The zero-order valence-electron chi connectivity index (χ0n) is 16.0. The Hall–Kier alpha value is -3.60. The minimum absolute atomic E-state index is 0.296. The Morgan fingerprint density at radius 1 is 0.893 bits per heavy atom. The average molecular weight is 375 g/mol. The number of carbonyl (C=O) groups excluding carboxylic acids is 2. The van der Waals surface area contributed by atoms with E-state index in [1.807, 2.05) is 37.3 Å². The molecule has 1 amide bonds. The maximum Gasteiger partial charge on any atom is 0.339 e. The molecule has 0 spiro atoms. The van der Waals surface area contributed by atoms with Crippen molar-refractivity contribution in [1.29, 1.82) is 0 Å². The van der Waals surface area contributed by atoms with Crippen molar-refractivity contribution < 1.29 is 19.1 Å². The van der Waals surface area contributed by atoms with Crippen LogP contribution in [0.15, 0.2) is 66.7 Å². The highest BCUT2D eigenvalue weighted by molar-refractivity contribution is 6.08. The molecule has 0 heterocycles. The molecule has 3 aromatic rings. The van der Waals surface area contributed by atoms with Gasteiger partial charge in [-0.3, -0.25) is 4.79 Å². The summed E-state index contributed by atoms with van der Waals surface area (Å²) in [6.07, 6.45) is 0. The van der Waals surface area contributed by atoms with Crippen LogP contribution in [0, 0.1) is 6.92 Å². The number of rotatable bonds is 5. The standard InChI is InChI=1S/C23H21NO4/c1-15-13-20(23(26)28-3)21(24-22(25)17-7-5-4-6-8-17)14-19(15)16-9-11-18(27-2)12-10-16/h4-14H,1-3H3,(H,24,25). The van der Waals surface area contributed by atoms with Crippen molar-refractivity contribution in [1.82, 2.24) is 0 Å². The van der Waals surface area contributed by atoms with E-state index < -0.39 is 5.97 Å². The predicted octanol–water partition coefficient (Wildman–Crippen LogP) is 4.71. The lowest BCUT2D eigenvalue weighted by atomic mass is 9.96. The SMILES string of the molecule is COC(=O)c1cc(C)c(-c2ccc(OC)cc2)cc1NC(=O)c1ccccc1. The molecule has 0 atom stereocenters. The zero-order chi connectivity index (χ0) is 20.1. The first-order valence-electron chi connectivity index (χ1n) is 8.77. The number of carbonyl (C=O) groups is 2. The third-order valence-electron chi connectivity index (χ3n) is 4.46. The van der Waals surface area contributed by atoms with E-state index in [1.54, 1.807) is 43.5 Å². The molecular weight excluding hydrogens is 354 g/mol. The number of aryl methyl sites for hydroxylation is 1. The van der Waals surface area contributed by atoms with Crippen LogP contribution in [-0.4, -0.2) is 26.1 Å². The lowest BCUT2D eigenvalue weighted by Crippen LogP contribution is -2.16. The molecule has 1 N–H and O–H groups in total. The van der Waals surface area contributed by atoms with Crippen LogP contribution in [0.4, 0.5) is 5.69 Å². The smallest absolute Gasteiger partial charge is 0.339 e. The molecule has 142 valence electrons. The van der Waals surface area contributed by atoms with Gasteiger partial charge in [-0.25, -0.2) is 4.79 Å². The summed E-state index contributed by atoms with van der Waals surface area (Å²) in [6.45, 7) is 1.91. The van der Waals surface area contributed by atoms with Gasteiger partial charge in [-0.1, -0.05) is 30.3 Å². The molecule has 0 unspecified atom stereocenters. The van der Waals surface area contributed by atoms with Crippen molar-refractivity contribution in [3.8, 4) is 16.9 Å². The molecule has 0 aliphatic rings. The summed E-state index contributed by atoms with van der Waals surface area (Å²) in [5, 5.41) is 2.84. The first-order chi connectivity index (χ1) is 13.5. The van der Waals surface area contributed by atoms with Gasteiger partial charge in [-0.15, -0.1) is 0 Å². The van der Waals surface area contributed by atoms with Crippen LogP contribution in [0.3, 0.4) is 0 Å². The number of hydrogen-bond acceptors (Lipinski definition) is 4. The van der Waals surface area contributed by atoms with E-state index in [-0.39, 0.29) is 5.91 Å². The van der Waals surface area contributed by atoms with Crippen molar-refractivity contribution in [2.45, 2.75) is 6.92 Å². The van der Waals surface area contributed by atoms with Gasteiger partial charge in [0.2, 0.25) is 0 Å². The Morgan fingerprint density at radius 3 is 2.18 bits per heavy atom. The lowest BCUT2D eigenvalue weighted by Gasteiger charge is -2.15. The molecule has 0 saturated carbocycles. The quantitative estimate of drug-likeness (QED) is 0.656. The fraction of sp³-hybridized carbons (Fsp3) is 0.130. The van der Waals surface area contributed by atoms with Crippen molar-refractivity contribution in [2.24, 2.45) is 0 Å². The fourth-order valence-corrected chi connectivity index (χ4v) is 2.96. The summed E-state index contributed by atoms with van der Waals surface area (Å²) >= 11 is 0. The van der Waals surface area contributed by atoms with Crippen molar-refractivity contribution in [3.05, 3.63) is 83.4 Å². The summed E-state index contributed by atoms with van der Waals surface area (Å²) in [4.78, 5) is 24.9. The van der Waals surface area contributed by atoms with Gasteiger partial charge >= 0.3 is 5.97 Å². The molecule has 28 heavy (non-hydrogen) atoms. The Bertz CT molecular complexity index is 995. The minimum Gasteiger partial charge on any atom is -0.497 e. The second kappa shape index (κ2) is 8.39. The third kappa shape index (κ3) is 4.04. The fourth-order valence-electron chi connectivity index (χ4n) is 2.96. The number of methoxy groups -OCH3 is 2. The number of nitrogens with one attached hydrogen (secondary N) is 1. The van der Waals surface area contributed by atoms with E-state index in [2.05, 4.69) is 5.32 Å². The highest BCUT2D eigenvalue weighted by Gasteiger charge is 2.18. The minimum atomic E-state index is -0.507. The summed E-state index contributed by atoms with van der Waals surface area (Å²) in [7, 11) is 2.93. The largest absolute Gasteiger partial charge is 0.497 e. The van der Waals surface area contributed by atoms with E-state index in [1.165, 1.54) is 7.11 Å². The molecule has 0 saturated heterocycles. The molecule has 5 heteroatoms. The number of ether oxygens (including phenoxy) is 2. The van der Waals surface area contributed by atoms with E-state index in [9.17, 15) is 9.59 Å². The van der Waals surface area contributed by atoms with E-state index >= 15 is 0 Å². The molecule has 0 radical (unpaired) electrons. The van der Waals surface area contributed by atoms with Gasteiger partial charge in [0.15, 0.2) is 0 Å². The zero-order valence-corrected chi connectivity index (χ0v) is 16.0. The highest BCUT2D eigenvalue weighted by atomic mass is 16.5. The summed E-state index contributed by atoms with van der Waals surface area (Å²) in [6, 6.07) is 20.0. The number of esters is 1. The van der Waals surface area contributed by atoms with E-state index in [4.69, 9.17) is 9.47 Å². The van der Waals surface area contributed by atoms with Crippen LogP contribution in [0.5, 0.6) is 5.75 Å². The summed E-state index contributed by atoms with van der Waals surface area (Å²) in [5.74, 6) is -0.0479.